The molecule has 0 aliphatic heterocycles. The van der Waals surface area contributed by atoms with E-state index in [1.54, 1.807) is 0 Å². The zero-order valence-electron chi connectivity index (χ0n) is 11.4. The Balaban J connectivity index is 2.38. The second kappa shape index (κ2) is 6.17. The van der Waals surface area contributed by atoms with E-state index in [0.717, 1.165) is 12.1 Å². The van der Waals surface area contributed by atoms with Gasteiger partial charge in [0.05, 0.1) is 11.4 Å². The van der Waals surface area contributed by atoms with Gasteiger partial charge in [0.15, 0.2) is 23.1 Å². The molecule has 0 aliphatic rings. The summed E-state index contributed by atoms with van der Waals surface area (Å²) in [4.78, 5) is 0. The molecule has 2 aromatic rings. The van der Waals surface area contributed by atoms with Crippen LogP contribution in [-0.4, -0.2) is 10.2 Å². The summed E-state index contributed by atoms with van der Waals surface area (Å²) < 4.78 is 26.5. The lowest BCUT2D eigenvalue weighted by molar-refractivity contribution is 0.431. The van der Waals surface area contributed by atoms with Crippen molar-refractivity contribution in [3.63, 3.8) is 0 Å². The van der Waals surface area contributed by atoms with Gasteiger partial charge in [0.1, 0.15) is 0 Å². The summed E-state index contributed by atoms with van der Waals surface area (Å²) in [5.41, 5.74) is 11.9. The number of aromatic hydroxyl groups is 2. The van der Waals surface area contributed by atoms with Crippen molar-refractivity contribution in [3.8, 4) is 11.5 Å². The molecular formula is C16H14F2N2O2. The second-order valence-electron chi connectivity index (χ2n) is 4.55. The first-order valence-electron chi connectivity index (χ1n) is 6.30. The molecule has 0 atom stereocenters. The van der Waals surface area contributed by atoms with E-state index < -0.39 is 23.1 Å². The normalized spacial score (nSPS) is 12.5. The molecule has 2 aromatic carbocycles. The van der Waals surface area contributed by atoms with Gasteiger partial charge in [0, 0.05) is 11.1 Å². The monoisotopic (exact) mass is 304 g/mol. The van der Waals surface area contributed by atoms with Gasteiger partial charge in [0.2, 0.25) is 0 Å². The van der Waals surface area contributed by atoms with E-state index in [-0.39, 0.29) is 22.5 Å². The molecule has 0 fully saturated rings. The summed E-state index contributed by atoms with van der Waals surface area (Å²) in [6.07, 6.45) is 2.56. The zero-order chi connectivity index (χ0) is 16.3. The highest BCUT2D eigenvalue weighted by atomic mass is 19.1. The highest BCUT2D eigenvalue weighted by molar-refractivity contribution is 5.68. The third-order valence-electron chi connectivity index (χ3n) is 2.99. The van der Waals surface area contributed by atoms with Crippen molar-refractivity contribution in [1.29, 1.82) is 0 Å². The molecule has 0 spiro atoms. The van der Waals surface area contributed by atoms with Gasteiger partial charge < -0.3 is 21.7 Å². The average molecular weight is 304 g/mol. The summed E-state index contributed by atoms with van der Waals surface area (Å²) >= 11 is 0. The maximum Gasteiger partial charge on any atom is 0.165 e. The van der Waals surface area contributed by atoms with E-state index in [2.05, 4.69) is 0 Å². The summed E-state index contributed by atoms with van der Waals surface area (Å²) in [5, 5.41) is 19.1. The average Bonchev–Trinajstić information content (AvgIpc) is 2.48. The minimum absolute atomic E-state index is 0.0320. The van der Waals surface area contributed by atoms with Gasteiger partial charge in [-0.25, -0.2) is 8.78 Å². The second-order valence-corrected chi connectivity index (χ2v) is 4.55. The number of phenolic OH excluding ortho intramolecular Hbond substituents is 2. The van der Waals surface area contributed by atoms with Crippen LogP contribution in [0.15, 0.2) is 47.8 Å². The standard InChI is InChI=1S/C16H14F2N2O2/c17-11-5-1-3-9(15(11)21)7-13(19)14(20)8-10-4-2-6-12(18)16(10)22/h1-8,21-22H,19-20H2. The van der Waals surface area contributed by atoms with E-state index >= 15 is 0 Å². The first-order chi connectivity index (χ1) is 10.4. The zero-order valence-corrected chi connectivity index (χ0v) is 11.4. The molecule has 4 nitrogen and oxygen atoms in total. The van der Waals surface area contributed by atoms with Crippen LogP contribution >= 0.6 is 0 Å². The number of para-hydroxylation sites is 2. The smallest absolute Gasteiger partial charge is 0.165 e. The van der Waals surface area contributed by atoms with Gasteiger partial charge in [-0.05, 0) is 24.3 Å². The third kappa shape index (κ3) is 3.17. The van der Waals surface area contributed by atoms with Gasteiger partial charge in [-0.2, -0.15) is 0 Å². The summed E-state index contributed by atoms with van der Waals surface area (Å²) in [6, 6.07) is 7.94. The highest BCUT2D eigenvalue weighted by Gasteiger charge is 2.08. The first-order valence-corrected chi connectivity index (χ1v) is 6.30. The van der Waals surface area contributed by atoms with E-state index in [1.807, 2.05) is 0 Å². The Labute approximate surface area is 125 Å². The van der Waals surface area contributed by atoms with E-state index in [9.17, 15) is 19.0 Å². The Kier molecular flexibility index (Phi) is 4.31. The lowest BCUT2D eigenvalue weighted by Gasteiger charge is -2.06. The van der Waals surface area contributed by atoms with E-state index in [0.29, 0.717) is 0 Å². The number of phenols is 2. The van der Waals surface area contributed by atoms with Crippen LogP contribution in [0.4, 0.5) is 8.78 Å². The quantitative estimate of drug-likeness (QED) is 0.656. The fourth-order valence-corrected chi connectivity index (χ4v) is 1.80. The lowest BCUT2D eigenvalue weighted by Crippen LogP contribution is -2.09. The van der Waals surface area contributed by atoms with Gasteiger partial charge >= 0.3 is 0 Å². The van der Waals surface area contributed by atoms with Crippen LogP contribution in [0, 0.1) is 11.6 Å². The molecular weight excluding hydrogens is 290 g/mol. The lowest BCUT2D eigenvalue weighted by atomic mass is 10.1. The van der Waals surface area contributed by atoms with Crippen LogP contribution in [0.2, 0.25) is 0 Å². The van der Waals surface area contributed by atoms with Crippen molar-refractivity contribution in [1.82, 2.24) is 0 Å². The number of halogens is 2. The summed E-state index contributed by atoms with van der Waals surface area (Å²) in [5.74, 6) is -2.67. The third-order valence-corrected chi connectivity index (χ3v) is 2.99. The molecule has 22 heavy (non-hydrogen) atoms. The summed E-state index contributed by atoms with van der Waals surface area (Å²) in [7, 11) is 0. The Bertz CT molecular complexity index is 705. The number of nitrogens with two attached hydrogens (primary N) is 2. The van der Waals surface area contributed by atoms with Gasteiger partial charge in [0.25, 0.3) is 0 Å². The Hall–Kier alpha value is -3.02. The van der Waals surface area contributed by atoms with Gasteiger partial charge in [-0.15, -0.1) is 0 Å². The number of rotatable bonds is 3. The van der Waals surface area contributed by atoms with E-state index in [4.69, 9.17) is 11.5 Å². The molecule has 0 aromatic heterocycles. The predicted octanol–water partition coefficient (Wildman–Crippen LogP) is 2.68. The number of hydrogen-bond acceptors (Lipinski definition) is 4. The maximum atomic E-state index is 13.2. The molecule has 0 heterocycles. The number of hydrogen-bond donors (Lipinski definition) is 4. The van der Waals surface area contributed by atoms with E-state index in [1.165, 1.54) is 36.4 Å². The largest absolute Gasteiger partial charge is 0.504 e. The van der Waals surface area contributed by atoms with Crippen molar-refractivity contribution < 1.29 is 19.0 Å². The molecule has 0 unspecified atom stereocenters. The molecule has 0 saturated carbocycles. The Morgan fingerprint density at radius 1 is 0.773 bits per heavy atom. The Morgan fingerprint density at radius 2 is 1.14 bits per heavy atom. The minimum atomic E-state index is -0.785. The molecule has 0 amide bonds. The molecule has 114 valence electrons. The molecule has 2 rings (SSSR count). The van der Waals surface area contributed by atoms with Crippen molar-refractivity contribution in [3.05, 3.63) is 70.6 Å². The molecule has 0 saturated heterocycles. The number of benzene rings is 2. The van der Waals surface area contributed by atoms with Gasteiger partial charge in [-0.3, -0.25) is 0 Å². The van der Waals surface area contributed by atoms with Crippen molar-refractivity contribution in [2.24, 2.45) is 11.5 Å². The molecule has 0 aliphatic carbocycles. The highest BCUT2D eigenvalue weighted by Crippen LogP contribution is 2.25. The van der Waals surface area contributed by atoms with Gasteiger partial charge in [-0.1, -0.05) is 24.3 Å². The Morgan fingerprint density at radius 3 is 1.50 bits per heavy atom. The fraction of sp³-hybridized carbons (Fsp3) is 0. The van der Waals surface area contributed by atoms with Crippen molar-refractivity contribution >= 4 is 12.2 Å². The van der Waals surface area contributed by atoms with Crippen LogP contribution in [0.1, 0.15) is 11.1 Å². The maximum absolute atomic E-state index is 13.2. The molecule has 6 N–H and O–H groups in total. The van der Waals surface area contributed by atoms with Crippen LogP contribution in [-0.2, 0) is 0 Å². The molecule has 0 bridgehead atoms. The van der Waals surface area contributed by atoms with Crippen molar-refractivity contribution in [2.45, 2.75) is 0 Å². The van der Waals surface area contributed by atoms with Crippen molar-refractivity contribution in [2.75, 3.05) is 0 Å². The van der Waals surface area contributed by atoms with Crippen LogP contribution < -0.4 is 11.5 Å². The summed E-state index contributed by atoms with van der Waals surface area (Å²) in [6.45, 7) is 0. The first kappa shape index (κ1) is 15.4. The van der Waals surface area contributed by atoms with Crippen LogP contribution in [0.3, 0.4) is 0 Å². The fourth-order valence-electron chi connectivity index (χ4n) is 1.80. The molecule has 6 heteroatoms. The van der Waals surface area contributed by atoms with Crippen LogP contribution in [0.5, 0.6) is 11.5 Å². The topological polar surface area (TPSA) is 92.5 Å². The minimum Gasteiger partial charge on any atom is -0.504 e. The van der Waals surface area contributed by atoms with Crippen LogP contribution in [0.25, 0.3) is 12.2 Å². The SMILES string of the molecule is NC(=Cc1cccc(F)c1O)C(N)=Cc1cccc(F)c1O. The predicted molar refractivity (Wildman–Crippen MR) is 80.5 cm³/mol. The molecule has 0 radical (unpaired) electrons.